The zero-order valence-corrected chi connectivity index (χ0v) is 22.1. The minimum atomic E-state index is -0.898. The Hall–Kier alpha value is -3.53. The molecule has 0 saturated carbocycles. The largest absolute Gasteiger partial charge is 0.511 e. The number of esters is 1. The predicted molar refractivity (Wildman–Crippen MR) is 136 cm³/mol. The standard InChI is InChI=1S/C26H27BrN4O5/c1-16-14-29-24-20(9-11-22(32)34-15-35-25(33)36-26(2,3)4)30-23(19-7-5-6-12-28-19)18-13-17(27)8-10-21(18)31(16)24/h5-8,10,12-14,20H,9,11,15H2,1-4H3/t20-/m0/s1. The number of hydrogen-bond donors (Lipinski definition) is 0. The fourth-order valence-electron chi connectivity index (χ4n) is 3.83. The van der Waals surface area contributed by atoms with Gasteiger partial charge in [0.2, 0.25) is 6.79 Å². The second-order valence-corrected chi connectivity index (χ2v) is 10.2. The van der Waals surface area contributed by atoms with Crippen LogP contribution in [-0.2, 0) is 19.0 Å². The van der Waals surface area contributed by atoms with Crippen molar-refractivity contribution in [1.29, 1.82) is 0 Å². The summed E-state index contributed by atoms with van der Waals surface area (Å²) in [5, 5.41) is 0. The first-order valence-corrected chi connectivity index (χ1v) is 12.3. The molecular weight excluding hydrogens is 528 g/mol. The molecular formula is C26H27BrN4O5. The van der Waals surface area contributed by atoms with Gasteiger partial charge in [-0.05, 0) is 64.4 Å². The number of fused-ring (bicyclic) bond motifs is 3. The normalized spacial score (nSPS) is 14.7. The van der Waals surface area contributed by atoms with Crippen molar-refractivity contribution in [2.45, 2.75) is 52.2 Å². The molecule has 3 heterocycles. The number of hydrogen-bond acceptors (Lipinski definition) is 8. The number of benzene rings is 1. The number of aryl methyl sites for hydroxylation is 1. The number of ether oxygens (including phenoxy) is 3. The quantitative estimate of drug-likeness (QED) is 0.294. The molecule has 0 unspecified atom stereocenters. The molecule has 1 aromatic carbocycles. The van der Waals surface area contributed by atoms with Crippen molar-refractivity contribution in [3.8, 4) is 5.69 Å². The fraction of sp³-hybridized carbons (Fsp3) is 0.346. The molecule has 188 valence electrons. The number of halogens is 1. The highest BCUT2D eigenvalue weighted by Crippen LogP contribution is 2.34. The summed E-state index contributed by atoms with van der Waals surface area (Å²) < 4.78 is 17.9. The van der Waals surface area contributed by atoms with Crippen LogP contribution in [0.4, 0.5) is 4.79 Å². The van der Waals surface area contributed by atoms with Crippen LogP contribution < -0.4 is 0 Å². The Morgan fingerprint density at radius 1 is 1.11 bits per heavy atom. The lowest BCUT2D eigenvalue weighted by Gasteiger charge is -2.18. The lowest BCUT2D eigenvalue weighted by atomic mass is 10.0. The first-order chi connectivity index (χ1) is 17.1. The third kappa shape index (κ3) is 5.99. The molecule has 9 nitrogen and oxygen atoms in total. The number of carbonyl (C=O) groups is 2. The zero-order valence-electron chi connectivity index (χ0n) is 20.5. The average Bonchev–Trinajstić information content (AvgIpc) is 3.13. The highest BCUT2D eigenvalue weighted by atomic mass is 79.9. The summed E-state index contributed by atoms with van der Waals surface area (Å²) in [4.78, 5) is 38.3. The molecule has 0 aliphatic carbocycles. The van der Waals surface area contributed by atoms with Crippen LogP contribution in [-0.4, -0.2) is 44.8 Å². The molecule has 0 bridgehead atoms. The number of rotatable bonds is 6. The Kier molecular flexibility index (Phi) is 7.53. The average molecular weight is 555 g/mol. The van der Waals surface area contributed by atoms with E-state index in [-0.39, 0.29) is 6.42 Å². The summed E-state index contributed by atoms with van der Waals surface area (Å²) in [5.74, 6) is 0.201. The Morgan fingerprint density at radius 3 is 2.64 bits per heavy atom. The Balaban J connectivity index is 1.56. The SMILES string of the molecule is Cc1cnc2n1-c1ccc(Br)cc1C(c1ccccn1)=N[C@H]2CCC(=O)OCOC(=O)OC(C)(C)C. The topological polar surface area (TPSA) is 105 Å². The smallest absolute Gasteiger partial charge is 0.428 e. The maximum Gasteiger partial charge on any atom is 0.511 e. The molecule has 0 N–H and O–H groups in total. The molecule has 4 rings (SSSR count). The lowest BCUT2D eigenvalue weighted by molar-refractivity contribution is -0.154. The second-order valence-electron chi connectivity index (χ2n) is 9.24. The van der Waals surface area contributed by atoms with Gasteiger partial charge in [-0.1, -0.05) is 22.0 Å². The molecule has 0 fully saturated rings. The van der Waals surface area contributed by atoms with Crippen molar-refractivity contribution in [1.82, 2.24) is 14.5 Å². The highest BCUT2D eigenvalue weighted by Gasteiger charge is 2.28. The summed E-state index contributed by atoms with van der Waals surface area (Å²) in [6.07, 6.45) is 3.01. The van der Waals surface area contributed by atoms with E-state index in [1.807, 2.05) is 43.3 Å². The van der Waals surface area contributed by atoms with Crippen molar-refractivity contribution in [3.63, 3.8) is 0 Å². The van der Waals surface area contributed by atoms with E-state index in [4.69, 9.17) is 19.2 Å². The van der Waals surface area contributed by atoms with Crippen molar-refractivity contribution < 1.29 is 23.8 Å². The van der Waals surface area contributed by atoms with E-state index in [2.05, 4.69) is 30.5 Å². The summed E-state index contributed by atoms with van der Waals surface area (Å²) >= 11 is 3.57. The fourth-order valence-corrected chi connectivity index (χ4v) is 4.19. The van der Waals surface area contributed by atoms with Crippen LogP contribution in [0.1, 0.15) is 62.4 Å². The van der Waals surface area contributed by atoms with Crippen molar-refractivity contribution >= 4 is 33.8 Å². The van der Waals surface area contributed by atoms with E-state index in [0.717, 1.165) is 32.9 Å². The molecule has 3 aromatic rings. The molecule has 36 heavy (non-hydrogen) atoms. The van der Waals surface area contributed by atoms with Gasteiger partial charge < -0.3 is 14.2 Å². The summed E-state index contributed by atoms with van der Waals surface area (Å²) in [6, 6.07) is 11.2. The van der Waals surface area contributed by atoms with E-state index in [9.17, 15) is 9.59 Å². The Labute approximate surface area is 217 Å². The van der Waals surface area contributed by atoms with Crippen molar-refractivity contribution in [2.24, 2.45) is 4.99 Å². The van der Waals surface area contributed by atoms with Crippen LogP contribution in [0.2, 0.25) is 0 Å². The van der Waals surface area contributed by atoms with Gasteiger partial charge in [0.1, 0.15) is 17.5 Å². The summed E-state index contributed by atoms with van der Waals surface area (Å²) in [5.41, 5.74) is 3.52. The van der Waals surface area contributed by atoms with Gasteiger partial charge >= 0.3 is 12.1 Å². The molecule has 1 aliphatic heterocycles. The molecule has 2 aromatic heterocycles. The summed E-state index contributed by atoms with van der Waals surface area (Å²) in [7, 11) is 0. The molecule has 0 spiro atoms. The zero-order chi connectivity index (χ0) is 25.9. The van der Waals surface area contributed by atoms with Gasteiger partial charge in [-0.15, -0.1) is 0 Å². The van der Waals surface area contributed by atoms with Crippen LogP contribution in [0.15, 0.2) is 58.3 Å². The number of pyridine rings is 1. The van der Waals surface area contributed by atoms with Crippen LogP contribution in [0, 0.1) is 6.92 Å². The monoisotopic (exact) mass is 554 g/mol. The number of aliphatic imine (C=N–C) groups is 1. The first-order valence-electron chi connectivity index (χ1n) is 11.5. The number of imidazole rings is 1. The van der Waals surface area contributed by atoms with E-state index in [0.29, 0.717) is 12.1 Å². The number of carbonyl (C=O) groups excluding carboxylic acids is 2. The second kappa shape index (κ2) is 10.6. The third-order valence-corrected chi connectivity index (χ3v) is 5.81. The Bertz CT molecular complexity index is 1300. The van der Waals surface area contributed by atoms with Crippen LogP contribution in [0.3, 0.4) is 0 Å². The van der Waals surface area contributed by atoms with Gasteiger partial charge in [-0.3, -0.25) is 19.3 Å². The maximum absolute atomic E-state index is 12.4. The highest BCUT2D eigenvalue weighted by molar-refractivity contribution is 9.10. The minimum Gasteiger partial charge on any atom is -0.428 e. The van der Waals surface area contributed by atoms with Crippen LogP contribution in [0.5, 0.6) is 0 Å². The van der Waals surface area contributed by atoms with E-state index in [1.54, 1.807) is 33.2 Å². The van der Waals surface area contributed by atoms with E-state index in [1.165, 1.54) is 0 Å². The molecule has 0 amide bonds. The molecule has 10 heteroatoms. The summed E-state index contributed by atoms with van der Waals surface area (Å²) in [6.45, 7) is 6.61. The molecule has 0 saturated heterocycles. The molecule has 1 aliphatic rings. The van der Waals surface area contributed by atoms with Gasteiger partial charge in [-0.2, -0.15) is 0 Å². The van der Waals surface area contributed by atoms with Crippen molar-refractivity contribution in [2.75, 3.05) is 6.79 Å². The lowest BCUT2D eigenvalue weighted by Crippen LogP contribution is -2.25. The predicted octanol–water partition coefficient (Wildman–Crippen LogP) is 5.46. The number of aromatic nitrogens is 3. The molecule has 0 radical (unpaired) electrons. The minimum absolute atomic E-state index is 0.0489. The van der Waals surface area contributed by atoms with Gasteiger partial charge in [0.05, 0.1) is 17.1 Å². The molecule has 1 atom stereocenters. The third-order valence-electron chi connectivity index (χ3n) is 5.32. The van der Waals surface area contributed by atoms with Crippen molar-refractivity contribution in [3.05, 3.63) is 76.0 Å². The van der Waals surface area contributed by atoms with Crippen LogP contribution >= 0.6 is 15.9 Å². The Morgan fingerprint density at radius 2 is 1.92 bits per heavy atom. The van der Waals surface area contributed by atoms with Gasteiger partial charge in [0, 0.05) is 34.5 Å². The van der Waals surface area contributed by atoms with Gasteiger partial charge in [0.15, 0.2) is 0 Å². The maximum atomic E-state index is 12.4. The van der Waals surface area contributed by atoms with E-state index < -0.39 is 30.6 Å². The van der Waals surface area contributed by atoms with Gasteiger partial charge in [0.25, 0.3) is 0 Å². The van der Waals surface area contributed by atoms with Crippen LogP contribution in [0.25, 0.3) is 5.69 Å². The first kappa shape index (κ1) is 25.6. The van der Waals surface area contributed by atoms with E-state index >= 15 is 0 Å². The van der Waals surface area contributed by atoms with Gasteiger partial charge in [-0.25, -0.2) is 9.78 Å². The number of nitrogens with zero attached hydrogens (tertiary/aromatic N) is 4.